The van der Waals surface area contributed by atoms with E-state index in [0.717, 1.165) is 0 Å². The molecular weight excluding hydrogens is 231 g/mol. The van der Waals surface area contributed by atoms with Gasteiger partial charge in [0.25, 0.3) is 12.1 Å². The normalized spacial score (nSPS) is 10.5. The Balaban J connectivity index is 3.51. The van der Waals surface area contributed by atoms with Gasteiger partial charge in [-0.1, -0.05) is 0 Å². The number of nitro groups is 1. The first kappa shape index (κ1) is 12.0. The topological polar surface area (TPSA) is 80.4 Å². The molecule has 0 aliphatic rings. The van der Waals surface area contributed by atoms with Gasteiger partial charge < -0.3 is 5.11 Å². The van der Waals surface area contributed by atoms with Crippen molar-refractivity contribution in [3.63, 3.8) is 0 Å². The molecule has 8 heteroatoms. The van der Waals surface area contributed by atoms with Crippen LogP contribution in [0.25, 0.3) is 0 Å². The standard InChI is InChI=1S/C8H4F3NO4/c9-6-4(7(10)11)1-3(12(15)16)2-5(6)8(13)14/h1-2,7H,(H,13,14). The van der Waals surface area contributed by atoms with Crippen LogP contribution in [0.5, 0.6) is 0 Å². The molecule has 0 fully saturated rings. The molecule has 16 heavy (non-hydrogen) atoms. The Morgan fingerprint density at radius 2 is 2.00 bits per heavy atom. The van der Waals surface area contributed by atoms with Gasteiger partial charge in [-0.2, -0.15) is 0 Å². The van der Waals surface area contributed by atoms with Gasteiger partial charge in [0.05, 0.1) is 10.5 Å². The molecule has 1 rings (SSSR count). The number of alkyl halides is 2. The largest absolute Gasteiger partial charge is 0.478 e. The maximum Gasteiger partial charge on any atom is 0.338 e. The van der Waals surface area contributed by atoms with Gasteiger partial charge in [0.1, 0.15) is 11.4 Å². The van der Waals surface area contributed by atoms with Crippen molar-refractivity contribution < 1.29 is 28.0 Å². The number of hydrogen-bond acceptors (Lipinski definition) is 3. The first-order chi connectivity index (χ1) is 7.34. The number of carboxylic acid groups (broad SMARTS) is 1. The molecule has 86 valence electrons. The van der Waals surface area contributed by atoms with Gasteiger partial charge in [0.2, 0.25) is 0 Å². The van der Waals surface area contributed by atoms with Crippen LogP contribution < -0.4 is 0 Å². The molecule has 0 unspecified atom stereocenters. The predicted octanol–water partition coefficient (Wildman–Crippen LogP) is 2.37. The smallest absolute Gasteiger partial charge is 0.338 e. The van der Waals surface area contributed by atoms with Crippen LogP contribution >= 0.6 is 0 Å². The third-order valence-corrected chi connectivity index (χ3v) is 1.76. The second-order valence-corrected chi connectivity index (χ2v) is 2.76. The fourth-order valence-corrected chi connectivity index (χ4v) is 1.05. The predicted molar refractivity (Wildman–Crippen MR) is 45.0 cm³/mol. The molecule has 0 radical (unpaired) electrons. The van der Waals surface area contributed by atoms with E-state index in [2.05, 4.69) is 0 Å². The van der Waals surface area contributed by atoms with Gasteiger partial charge >= 0.3 is 5.97 Å². The van der Waals surface area contributed by atoms with Crippen LogP contribution in [-0.2, 0) is 0 Å². The zero-order valence-corrected chi connectivity index (χ0v) is 7.49. The molecule has 0 atom stereocenters. The lowest BCUT2D eigenvalue weighted by Gasteiger charge is -2.04. The third kappa shape index (κ3) is 2.10. The maximum atomic E-state index is 13.1. The monoisotopic (exact) mass is 235 g/mol. The zero-order valence-electron chi connectivity index (χ0n) is 7.49. The molecule has 0 saturated carbocycles. The first-order valence-corrected chi connectivity index (χ1v) is 3.84. The minimum absolute atomic E-state index is 0.312. The number of carboxylic acids is 1. The van der Waals surface area contributed by atoms with Crippen molar-refractivity contribution >= 4 is 11.7 Å². The number of nitro benzene ring substituents is 1. The van der Waals surface area contributed by atoms with Gasteiger partial charge in [0.15, 0.2) is 0 Å². The Morgan fingerprint density at radius 1 is 1.44 bits per heavy atom. The van der Waals surface area contributed by atoms with Crippen LogP contribution in [0, 0.1) is 15.9 Å². The molecule has 0 bridgehead atoms. The van der Waals surface area contributed by atoms with Crippen molar-refractivity contribution in [3.05, 3.63) is 39.2 Å². The summed E-state index contributed by atoms with van der Waals surface area (Å²) in [5.74, 6) is -3.50. The second kappa shape index (κ2) is 4.17. The summed E-state index contributed by atoms with van der Waals surface area (Å²) in [6.07, 6.45) is -3.32. The Morgan fingerprint density at radius 3 is 2.38 bits per heavy atom. The van der Waals surface area contributed by atoms with Crippen LogP contribution in [-0.4, -0.2) is 16.0 Å². The SMILES string of the molecule is O=C(O)c1cc([N+](=O)[O-])cc(C(F)F)c1F. The van der Waals surface area contributed by atoms with Crippen molar-refractivity contribution in [3.8, 4) is 0 Å². The van der Waals surface area contributed by atoms with Crippen molar-refractivity contribution in [2.75, 3.05) is 0 Å². The van der Waals surface area contributed by atoms with Gasteiger partial charge in [-0.15, -0.1) is 0 Å². The average Bonchev–Trinajstić information content (AvgIpc) is 2.16. The van der Waals surface area contributed by atoms with Crippen LogP contribution in [0.3, 0.4) is 0 Å². The van der Waals surface area contributed by atoms with E-state index in [1.807, 2.05) is 0 Å². The number of halogens is 3. The van der Waals surface area contributed by atoms with Crippen molar-refractivity contribution in [2.24, 2.45) is 0 Å². The summed E-state index contributed by atoms with van der Waals surface area (Å²) in [6.45, 7) is 0. The zero-order chi connectivity index (χ0) is 12.5. The quantitative estimate of drug-likeness (QED) is 0.644. The van der Waals surface area contributed by atoms with Crippen molar-refractivity contribution in [1.82, 2.24) is 0 Å². The highest BCUT2D eigenvalue weighted by Crippen LogP contribution is 2.28. The van der Waals surface area contributed by atoms with Crippen molar-refractivity contribution in [2.45, 2.75) is 6.43 Å². The number of aromatic carboxylic acids is 1. The molecule has 5 nitrogen and oxygen atoms in total. The fourth-order valence-electron chi connectivity index (χ4n) is 1.05. The minimum atomic E-state index is -3.32. The molecule has 0 aliphatic heterocycles. The van der Waals surface area contributed by atoms with Crippen molar-refractivity contribution in [1.29, 1.82) is 0 Å². The summed E-state index contributed by atoms with van der Waals surface area (Å²) in [5, 5.41) is 18.8. The summed E-state index contributed by atoms with van der Waals surface area (Å²) in [7, 11) is 0. The molecule has 0 heterocycles. The summed E-state index contributed by atoms with van der Waals surface area (Å²) in [6, 6.07) is 0.704. The lowest BCUT2D eigenvalue weighted by molar-refractivity contribution is -0.385. The Labute approximate surface area is 86.3 Å². The number of hydrogen-bond donors (Lipinski definition) is 1. The van der Waals surface area contributed by atoms with Gasteiger partial charge in [-0.3, -0.25) is 10.1 Å². The van der Waals surface area contributed by atoms with Crippen LogP contribution in [0.4, 0.5) is 18.9 Å². The molecule has 1 N–H and O–H groups in total. The van der Waals surface area contributed by atoms with Gasteiger partial charge in [-0.25, -0.2) is 18.0 Å². The molecule has 1 aromatic rings. The first-order valence-electron chi connectivity index (χ1n) is 3.84. The number of rotatable bonds is 3. The van der Waals surface area contributed by atoms with E-state index >= 15 is 0 Å². The summed E-state index contributed by atoms with van der Waals surface area (Å²) in [4.78, 5) is 19.7. The van der Waals surface area contributed by atoms with Crippen LogP contribution in [0.2, 0.25) is 0 Å². The molecule has 1 aromatic carbocycles. The second-order valence-electron chi connectivity index (χ2n) is 2.76. The Kier molecular flexibility index (Phi) is 3.11. The summed E-state index contributed by atoms with van der Waals surface area (Å²) in [5.41, 5.74) is -3.34. The van der Waals surface area contributed by atoms with E-state index in [-0.39, 0.29) is 0 Å². The number of carbonyl (C=O) groups is 1. The lowest BCUT2D eigenvalue weighted by atomic mass is 10.1. The van der Waals surface area contributed by atoms with E-state index in [4.69, 9.17) is 5.11 Å². The molecule has 0 amide bonds. The molecular formula is C8H4F3NO4. The fraction of sp³-hybridized carbons (Fsp3) is 0.125. The molecule has 0 aliphatic carbocycles. The summed E-state index contributed by atoms with van der Waals surface area (Å²) >= 11 is 0. The van der Waals surface area contributed by atoms with Gasteiger partial charge in [0, 0.05) is 12.1 Å². The van der Waals surface area contributed by atoms with E-state index < -0.39 is 39.9 Å². The highest BCUT2D eigenvalue weighted by molar-refractivity contribution is 5.89. The Bertz CT molecular complexity index is 461. The molecule has 0 aromatic heterocycles. The highest BCUT2D eigenvalue weighted by atomic mass is 19.3. The third-order valence-electron chi connectivity index (χ3n) is 1.76. The Hall–Kier alpha value is -2.12. The van der Waals surface area contributed by atoms with E-state index in [1.54, 1.807) is 0 Å². The lowest BCUT2D eigenvalue weighted by Crippen LogP contribution is -2.06. The van der Waals surface area contributed by atoms with E-state index in [9.17, 15) is 28.1 Å². The van der Waals surface area contributed by atoms with E-state index in [1.165, 1.54) is 0 Å². The van der Waals surface area contributed by atoms with E-state index in [0.29, 0.717) is 12.1 Å². The molecule has 0 spiro atoms. The maximum absolute atomic E-state index is 13.1. The molecule has 0 saturated heterocycles. The average molecular weight is 235 g/mol. The van der Waals surface area contributed by atoms with Crippen LogP contribution in [0.15, 0.2) is 12.1 Å². The highest BCUT2D eigenvalue weighted by Gasteiger charge is 2.25. The summed E-state index contributed by atoms with van der Waals surface area (Å²) < 4.78 is 37.7. The van der Waals surface area contributed by atoms with Crippen LogP contribution in [0.1, 0.15) is 22.3 Å². The number of benzene rings is 1. The van der Waals surface area contributed by atoms with Gasteiger partial charge in [-0.05, 0) is 0 Å². The number of non-ortho nitro benzene ring substituents is 1. The number of nitrogens with zero attached hydrogens (tertiary/aromatic N) is 1. The minimum Gasteiger partial charge on any atom is -0.478 e.